The van der Waals surface area contributed by atoms with Crippen molar-refractivity contribution < 1.29 is 0 Å². The predicted molar refractivity (Wildman–Crippen MR) is 61.8 cm³/mol. The Kier molecular flexibility index (Phi) is 6.82. The van der Waals surface area contributed by atoms with Gasteiger partial charge in [-0.1, -0.05) is 53.4 Å². The maximum absolute atomic E-state index is 2.35. The van der Waals surface area contributed by atoms with Crippen LogP contribution in [0.5, 0.6) is 0 Å². The van der Waals surface area contributed by atoms with Gasteiger partial charge in [-0.15, -0.1) is 0 Å². The minimum atomic E-state index is 1.02. The van der Waals surface area contributed by atoms with Crippen LogP contribution in [0.3, 0.4) is 0 Å². The Hall–Kier alpha value is 0.217. The van der Waals surface area contributed by atoms with Crippen molar-refractivity contribution in [1.29, 1.82) is 0 Å². The third kappa shape index (κ3) is 3.30. The van der Waals surface area contributed by atoms with Crippen LogP contribution in [0.2, 0.25) is 5.54 Å². The van der Waals surface area contributed by atoms with Gasteiger partial charge in [0, 0.05) is 10.2 Å². The highest BCUT2D eigenvalue weighted by molar-refractivity contribution is 6.12. The lowest BCUT2D eigenvalue weighted by Crippen LogP contribution is -2.16. The fourth-order valence-corrected chi connectivity index (χ4v) is 4.34. The summed E-state index contributed by atoms with van der Waals surface area (Å²) in [6.45, 7) is 9.39. The summed E-state index contributed by atoms with van der Waals surface area (Å²) >= 11 is 0. The Balaban J connectivity index is 4.02. The molecule has 0 unspecified atom stereocenters. The van der Waals surface area contributed by atoms with Crippen molar-refractivity contribution in [2.45, 2.75) is 58.9 Å². The van der Waals surface area contributed by atoms with Crippen molar-refractivity contribution in [2.75, 3.05) is 0 Å². The maximum Gasteiger partial charge on any atom is 0.00743 e. The Bertz CT molecular complexity index is 81.2. The first-order valence-electron chi connectivity index (χ1n) is 5.71. The van der Waals surface area contributed by atoms with E-state index in [1.54, 1.807) is 0 Å². The summed E-state index contributed by atoms with van der Waals surface area (Å²) in [5, 5.41) is 0. The highest BCUT2D eigenvalue weighted by atomic mass is 28.1. The van der Waals surface area contributed by atoms with Crippen molar-refractivity contribution in [1.82, 2.24) is 0 Å². The average Bonchev–Trinajstić information content (AvgIpc) is 2.09. The molecule has 0 bridgehead atoms. The highest BCUT2D eigenvalue weighted by Gasteiger charge is 2.20. The molecule has 0 N–H and O–H groups in total. The van der Waals surface area contributed by atoms with Gasteiger partial charge in [0.1, 0.15) is 0 Å². The number of rotatable bonds is 6. The van der Waals surface area contributed by atoms with Gasteiger partial charge in [0.25, 0.3) is 0 Å². The molecule has 0 heterocycles. The Morgan fingerprint density at radius 1 is 0.750 bits per heavy atom. The van der Waals surface area contributed by atoms with Gasteiger partial charge in [0.2, 0.25) is 0 Å². The molecule has 0 amide bonds. The van der Waals surface area contributed by atoms with Gasteiger partial charge in [-0.25, -0.2) is 0 Å². The lowest BCUT2D eigenvalue weighted by Gasteiger charge is -2.28. The molecule has 0 saturated carbocycles. The summed E-state index contributed by atoms with van der Waals surface area (Å²) in [5.41, 5.74) is 1.06. The topological polar surface area (TPSA) is 0 Å². The molecular formula is C11H26Si. The van der Waals surface area contributed by atoms with Crippen molar-refractivity contribution in [2.24, 2.45) is 11.8 Å². The zero-order valence-electron chi connectivity index (χ0n) is 9.56. The summed E-state index contributed by atoms with van der Waals surface area (Å²) in [7, 11) is 1.39. The zero-order chi connectivity index (χ0) is 9.56. The smallest absolute Gasteiger partial charge is 0.00743 e. The molecule has 0 fully saturated rings. The first-order chi connectivity index (χ1) is 5.71. The molecule has 74 valence electrons. The zero-order valence-corrected chi connectivity index (χ0v) is 11.6. The fraction of sp³-hybridized carbons (Fsp3) is 1.00. The quantitative estimate of drug-likeness (QED) is 0.559. The van der Waals surface area contributed by atoms with Gasteiger partial charge >= 0.3 is 0 Å². The largest absolute Gasteiger partial charge is 0.0651 e. The van der Waals surface area contributed by atoms with E-state index >= 15 is 0 Å². The molecule has 0 spiro atoms. The molecule has 12 heavy (non-hydrogen) atoms. The van der Waals surface area contributed by atoms with Gasteiger partial charge in [0.05, 0.1) is 0 Å². The molecule has 0 rings (SSSR count). The van der Waals surface area contributed by atoms with Gasteiger partial charge in [-0.2, -0.15) is 0 Å². The van der Waals surface area contributed by atoms with Crippen molar-refractivity contribution in [3.63, 3.8) is 0 Å². The van der Waals surface area contributed by atoms with Gasteiger partial charge in [0.15, 0.2) is 0 Å². The third-order valence-electron chi connectivity index (χ3n) is 3.58. The molecule has 0 aromatic rings. The van der Waals surface area contributed by atoms with Crippen LogP contribution in [0, 0.1) is 11.8 Å². The summed E-state index contributed by atoms with van der Waals surface area (Å²) in [5.74, 6) is 2.03. The highest BCUT2D eigenvalue weighted by Crippen LogP contribution is 2.33. The van der Waals surface area contributed by atoms with Crippen LogP contribution < -0.4 is 0 Å². The molecule has 0 aromatic heterocycles. The second-order valence-corrected chi connectivity index (χ2v) is 5.35. The molecule has 0 radical (unpaired) electrons. The normalized spacial score (nSPS) is 12.2. The second kappa shape index (κ2) is 6.70. The standard InChI is InChI=1S/C11H26Si/c1-5-9(6-2)11(12)10(7-3)8-4/h9-11H,5-8H2,1-4,12H3. The monoisotopic (exact) mass is 186 g/mol. The molecule has 0 aliphatic heterocycles. The Morgan fingerprint density at radius 3 is 1.17 bits per heavy atom. The van der Waals surface area contributed by atoms with Gasteiger partial charge < -0.3 is 0 Å². The van der Waals surface area contributed by atoms with Crippen LogP contribution >= 0.6 is 0 Å². The van der Waals surface area contributed by atoms with E-state index in [-0.39, 0.29) is 0 Å². The lowest BCUT2D eigenvalue weighted by atomic mass is 9.87. The van der Waals surface area contributed by atoms with E-state index in [1.807, 2.05) is 0 Å². The first kappa shape index (κ1) is 12.2. The van der Waals surface area contributed by atoms with E-state index < -0.39 is 0 Å². The number of hydrogen-bond acceptors (Lipinski definition) is 0. The second-order valence-electron chi connectivity index (χ2n) is 4.01. The van der Waals surface area contributed by atoms with Gasteiger partial charge in [-0.05, 0) is 17.4 Å². The van der Waals surface area contributed by atoms with Crippen LogP contribution in [0.4, 0.5) is 0 Å². The SMILES string of the molecule is CCC(CC)C([SiH3])C(CC)CC. The minimum absolute atomic E-state index is 1.02. The molecule has 0 saturated heterocycles. The summed E-state index contributed by atoms with van der Waals surface area (Å²) < 4.78 is 0. The molecule has 0 aromatic carbocycles. The Labute approximate surface area is 81.6 Å². The molecule has 0 nitrogen and oxygen atoms in total. The average molecular weight is 186 g/mol. The van der Waals surface area contributed by atoms with Crippen LogP contribution in [0.15, 0.2) is 0 Å². The molecular weight excluding hydrogens is 160 g/mol. The third-order valence-corrected chi connectivity index (χ3v) is 5.47. The van der Waals surface area contributed by atoms with E-state index in [9.17, 15) is 0 Å². The van der Waals surface area contributed by atoms with Crippen LogP contribution in [-0.4, -0.2) is 10.2 Å². The van der Waals surface area contributed by atoms with Crippen molar-refractivity contribution >= 4 is 10.2 Å². The van der Waals surface area contributed by atoms with Gasteiger partial charge in [-0.3, -0.25) is 0 Å². The fourth-order valence-electron chi connectivity index (χ4n) is 2.45. The maximum atomic E-state index is 2.35. The lowest BCUT2D eigenvalue weighted by molar-refractivity contribution is 0.339. The van der Waals surface area contributed by atoms with Crippen LogP contribution in [-0.2, 0) is 0 Å². The van der Waals surface area contributed by atoms with E-state index in [4.69, 9.17) is 0 Å². The molecule has 1 heteroatoms. The van der Waals surface area contributed by atoms with Crippen LogP contribution in [0.25, 0.3) is 0 Å². The molecule has 0 aliphatic rings. The summed E-state index contributed by atoms with van der Waals surface area (Å²) in [6.07, 6.45) is 5.56. The van der Waals surface area contributed by atoms with Crippen LogP contribution in [0.1, 0.15) is 53.4 Å². The van der Waals surface area contributed by atoms with E-state index in [0.29, 0.717) is 0 Å². The summed E-state index contributed by atoms with van der Waals surface area (Å²) in [4.78, 5) is 0. The number of hydrogen-bond donors (Lipinski definition) is 0. The van der Waals surface area contributed by atoms with E-state index in [0.717, 1.165) is 17.4 Å². The minimum Gasteiger partial charge on any atom is -0.0651 e. The molecule has 0 aliphatic carbocycles. The Morgan fingerprint density at radius 2 is 1.00 bits per heavy atom. The van der Waals surface area contributed by atoms with Crippen molar-refractivity contribution in [3.05, 3.63) is 0 Å². The summed E-state index contributed by atoms with van der Waals surface area (Å²) in [6, 6.07) is 0. The first-order valence-corrected chi connectivity index (χ1v) is 6.86. The van der Waals surface area contributed by atoms with Crippen molar-refractivity contribution in [3.8, 4) is 0 Å². The predicted octanol–water partition coefficient (Wildman–Crippen LogP) is 3.01. The van der Waals surface area contributed by atoms with E-state index in [2.05, 4.69) is 27.7 Å². The molecule has 0 atom stereocenters. The van der Waals surface area contributed by atoms with E-state index in [1.165, 1.54) is 35.9 Å².